The lowest BCUT2D eigenvalue weighted by Gasteiger charge is -2.36. The molecule has 1 N–H and O–H groups in total. The molecule has 1 fully saturated rings. The summed E-state index contributed by atoms with van der Waals surface area (Å²) in [4.78, 5) is 4.79. The molecule has 0 bridgehead atoms. The van der Waals surface area contributed by atoms with Crippen LogP contribution in [0.25, 0.3) is 6.08 Å². The van der Waals surface area contributed by atoms with Crippen molar-refractivity contribution in [2.24, 2.45) is 0 Å². The van der Waals surface area contributed by atoms with Gasteiger partial charge in [-0.3, -0.25) is 4.90 Å². The molecular weight excluding hydrogens is 312 g/mol. The van der Waals surface area contributed by atoms with Crippen molar-refractivity contribution in [1.82, 2.24) is 4.90 Å². The number of methoxy groups -OCH3 is 1. The number of rotatable bonds is 5. The fourth-order valence-electron chi connectivity index (χ4n) is 3.30. The lowest BCUT2D eigenvalue weighted by molar-refractivity contribution is 0.245. The Kier molecular flexibility index (Phi) is 5.61. The van der Waals surface area contributed by atoms with Crippen LogP contribution in [0.1, 0.15) is 18.1 Å². The minimum atomic E-state index is 0.251. The van der Waals surface area contributed by atoms with Crippen molar-refractivity contribution in [1.29, 1.82) is 0 Å². The predicted octanol–water partition coefficient (Wildman–Crippen LogP) is 3.76. The van der Waals surface area contributed by atoms with E-state index >= 15 is 0 Å². The fraction of sp³-hybridized carbons (Fsp3) is 0.333. The van der Waals surface area contributed by atoms with Gasteiger partial charge in [0.05, 0.1) is 7.11 Å². The first-order valence-corrected chi connectivity index (χ1v) is 8.76. The Bertz CT molecular complexity index is 720. The highest BCUT2D eigenvalue weighted by molar-refractivity contribution is 5.58. The average molecular weight is 338 g/mol. The number of phenolic OH excluding ortho intramolecular Hbond substituents is 1. The Balaban J connectivity index is 1.68. The molecule has 1 heterocycles. The van der Waals surface area contributed by atoms with Crippen LogP contribution in [-0.4, -0.2) is 43.3 Å². The number of phenols is 1. The van der Waals surface area contributed by atoms with Crippen molar-refractivity contribution in [3.05, 3.63) is 59.7 Å². The quantitative estimate of drug-likeness (QED) is 0.900. The van der Waals surface area contributed by atoms with Crippen molar-refractivity contribution >= 4 is 11.8 Å². The second-order valence-corrected chi connectivity index (χ2v) is 6.33. The molecule has 0 amide bonds. The Labute approximate surface area is 150 Å². The minimum Gasteiger partial charge on any atom is -0.504 e. The van der Waals surface area contributed by atoms with E-state index in [1.807, 2.05) is 37.3 Å². The number of aromatic hydroxyl groups is 1. The van der Waals surface area contributed by atoms with Crippen LogP contribution in [-0.2, 0) is 6.54 Å². The van der Waals surface area contributed by atoms with Crippen LogP contribution in [0.5, 0.6) is 11.5 Å². The highest BCUT2D eigenvalue weighted by Crippen LogP contribution is 2.33. The summed E-state index contributed by atoms with van der Waals surface area (Å²) < 4.78 is 5.33. The van der Waals surface area contributed by atoms with E-state index < -0.39 is 0 Å². The van der Waals surface area contributed by atoms with Gasteiger partial charge in [0.25, 0.3) is 0 Å². The van der Waals surface area contributed by atoms with Crippen molar-refractivity contribution < 1.29 is 9.84 Å². The Morgan fingerprint density at radius 1 is 1.08 bits per heavy atom. The highest BCUT2D eigenvalue weighted by atomic mass is 16.5. The van der Waals surface area contributed by atoms with Crippen LogP contribution in [0.2, 0.25) is 0 Å². The van der Waals surface area contributed by atoms with Crippen LogP contribution < -0.4 is 9.64 Å². The topological polar surface area (TPSA) is 35.9 Å². The standard InChI is InChI=1S/C21H26N2O2/c1-3-7-17-14-18(21(24)20(15-17)25-2)16-22-10-12-23(13-11-22)19-8-5-4-6-9-19/h3-9,14-15,24H,10-13,16H2,1-2H3. The number of allylic oxidation sites excluding steroid dienone is 1. The molecule has 4 nitrogen and oxygen atoms in total. The van der Waals surface area contributed by atoms with Gasteiger partial charge in [0, 0.05) is 44.0 Å². The lowest BCUT2D eigenvalue weighted by Crippen LogP contribution is -2.45. The molecule has 0 aromatic heterocycles. The summed E-state index contributed by atoms with van der Waals surface area (Å²) in [6.07, 6.45) is 4.02. The molecular formula is C21H26N2O2. The van der Waals surface area contributed by atoms with E-state index in [0.717, 1.165) is 43.9 Å². The molecule has 0 spiro atoms. The van der Waals surface area contributed by atoms with Crippen LogP contribution >= 0.6 is 0 Å². The zero-order valence-electron chi connectivity index (χ0n) is 15.0. The Hall–Kier alpha value is -2.46. The molecule has 0 radical (unpaired) electrons. The zero-order chi connectivity index (χ0) is 17.6. The van der Waals surface area contributed by atoms with Crippen LogP contribution in [0.4, 0.5) is 5.69 Å². The first kappa shape index (κ1) is 17.4. The van der Waals surface area contributed by atoms with Gasteiger partial charge >= 0.3 is 0 Å². The van der Waals surface area contributed by atoms with E-state index in [1.54, 1.807) is 7.11 Å². The normalized spacial score (nSPS) is 15.7. The summed E-state index contributed by atoms with van der Waals surface area (Å²) in [5, 5.41) is 10.5. The maximum Gasteiger partial charge on any atom is 0.162 e. The molecule has 25 heavy (non-hydrogen) atoms. The molecule has 0 atom stereocenters. The third-order valence-electron chi connectivity index (χ3n) is 4.64. The second-order valence-electron chi connectivity index (χ2n) is 6.33. The fourth-order valence-corrected chi connectivity index (χ4v) is 3.30. The first-order chi connectivity index (χ1) is 12.2. The van der Waals surface area contributed by atoms with Crippen LogP contribution in [0, 0.1) is 0 Å². The molecule has 0 unspecified atom stereocenters. The van der Waals surface area contributed by atoms with Gasteiger partial charge in [-0.2, -0.15) is 0 Å². The Morgan fingerprint density at radius 3 is 2.44 bits per heavy atom. The number of piperazine rings is 1. The molecule has 0 aliphatic carbocycles. The first-order valence-electron chi connectivity index (χ1n) is 8.76. The molecule has 1 saturated heterocycles. The molecule has 4 heteroatoms. The monoisotopic (exact) mass is 338 g/mol. The van der Waals surface area contributed by atoms with Crippen LogP contribution in [0.3, 0.4) is 0 Å². The molecule has 3 rings (SSSR count). The summed E-state index contributed by atoms with van der Waals surface area (Å²) in [7, 11) is 1.59. The molecule has 2 aromatic carbocycles. The number of para-hydroxylation sites is 1. The third-order valence-corrected chi connectivity index (χ3v) is 4.64. The molecule has 0 saturated carbocycles. The number of ether oxygens (including phenoxy) is 1. The number of anilines is 1. The van der Waals surface area contributed by atoms with E-state index in [1.165, 1.54) is 5.69 Å². The molecule has 1 aliphatic rings. The Morgan fingerprint density at radius 2 is 1.80 bits per heavy atom. The van der Waals surface area contributed by atoms with Crippen molar-refractivity contribution in [2.45, 2.75) is 13.5 Å². The van der Waals surface area contributed by atoms with Crippen molar-refractivity contribution in [2.75, 3.05) is 38.2 Å². The molecule has 132 valence electrons. The van der Waals surface area contributed by atoms with E-state index in [0.29, 0.717) is 5.75 Å². The SMILES string of the molecule is CC=Cc1cc(CN2CCN(c3ccccc3)CC2)c(O)c(OC)c1. The van der Waals surface area contributed by atoms with E-state index in [2.05, 4.69) is 34.1 Å². The zero-order valence-corrected chi connectivity index (χ0v) is 15.0. The maximum absolute atomic E-state index is 10.5. The number of benzene rings is 2. The van der Waals surface area contributed by atoms with Gasteiger partial charge < -0.3 is 14.7 Å². The lowest BCUT2D eigenvalue weighted by atomic mass is 10.1. The smallest absolute Gasteiger partial charge is 0.162 e. The van der Waals surface area contributed by atoms with E-state index in [9.17, 15) is 5.11 Å². The molecule has 2 aromatic rings. The summed E-state index contributed by atoms with van der Waals surface area (Å²) in [5.41, 5.74) is 3.25. The summed E-state index contributed by atoms with van der Waals surface area (Å²) >= 11 is 0. The number of nitrogens with zero attached hydrogens (tertiary/aromatic N) is 2. The largest absolute Gasteiger partial charge is 0.504 e. The maximum atomic E-state index is 10.5. The van der Waals surface area contributed by atoms with Gasteiger partial charge in [0.1, 0.15) is 0 Å². The summed E-state index contributed by atoms with van der Waals surface area (Å²) in [6, 6.07) is 14.4. The minimum absolute atomic E-state index is 0.251. The van der Waals surface area contributed by atoms with Gasteiger partial charge in [0.15, 0.2) is 11.5 Å². The van der Waals surface area contributed by atoms with E-state index in [4.69, 9.17) is 4.74 Å². The average Bonchev–Trinajstić information content (AvgIpc) is 2.66. The number of hydrogen-bond acceptors (Lipinski definition) is 4. The van der Waals surface area contributed by atoms with Gasteiger partial charge in [-0.05, 0) is 36.8 Å². The van der Waals surface area contributed by atoms with Crippen LogP contribution in [0.15, 0.2) is 48.5 Å². The predicted molar refractivity (Wildman–Crippen MR) is 103 cm³/mol. The van der Waals surface area contributed by atoms with Gasteiger partial charge in [-0.15, -0.1) is 0 Å². The highest BCUT2D eigenvalue weighted by Gasteiger charge is 2.19. The second kappa shape index (κ2) is 8.08. The third kappa shape index (κ3) is 4.15. The van der Waals surface area contributed by atoms with Gasteiger partial charge in [-0.25, -0.2) is 0 Å². The molecule has 1 aliphatic heterocycles. The van der Waals surface area contributed by atoms with E-state index in [-0.39, 0.29) is 5.75 Å². The number of hydrogen-bond donors (Lipinski definition) is 1. The van der Waals surface area contributed by atoms with Gasteiger partial charge in [-0.1, -0.05) is 30.4 Å². The summed E-state index contributed by atoms with van der Waals surface area (Å²) in [5.74, 6) is 0.787. The van der Waals surface area contributed by atoms with Gasteiger partial charge in [0.2, 0.25) is 0 Å². The van der Waals surface area contributed by atoms with Crippen molar-refractivity contribution in [3.63, 3.8) is 0 Å². The van der Waals surface area contributed by atoms with Crippen molar-refractivity contribution in [3.8, 4) is 11.5 Å². The summed E-state index contributed by atoms with van der Waals surface area (Å²) in [6.45, 7) is 6.67.